The Morgan fingerprint density at radius 1 is 1.26 bits per heavy atom. The zero-order chi connectivity index (χ0) is 14.1. The Labute approximate surface area is 112 Å². The van der Waals surface area contributed by atoms with Crippen LogP contribution >= 0.6 is 0 Å². The molecule has 7 heteroatoms. The van der Waals surface area contributed by atoms with Gasteiger partial charge in [0.15, 0.2) is 0 Å². The molecule has 1 aromatic carbocycles. The lowest BCUT2D eigenvalue weighted by atomic mass is 9.77. The maximum atomic E-state index is 11.9. The fourth-order valence-electron chi connectivity index (χ4n) is 1.88. The second-order valence-electron chi connectivity index (χ2n) is 4.70. The monoisotopic (exact) mass is 283 g/mol. The number of nitrogens with one attached hydrogen (secondary N) is 2. The average molecular weight is 283 g/mol. The van der Waals surface area contributed by atoms with E-state index in [1.54, 1.807) is 12.1 Å². The maximum absolute atomic E-state index is 11.9. The second kappa shape index (κ2) is 4.92. The fraction of sp³-hybridized carbons (Fsp3) is 0.417. The summed E-state index contributed by atoms with van der Waals surface area (Å²) in [5.74, 6) is -0.219. The van der Waals surface area contributed by atoms with Crippen LogP contribution in [0.2, 0.25) is 0 Å². The largest absolute Gasteiger partial charge is 0.324 e. The van der Waals surface area contributed by atoms with Crippen LogP contribution in [0.4, 0.5) is 5.69 Å². The molecule has 1 amide bonds. The van der Waals surface area contributed by atoms with Crippen LogP contribution in [0.5, 0.6) is 0 Å². The Balaban J connectivity index is 2.09. The zero-order valence-electron chi connectivity index (χ0n) is 10.6. The van der Waals surface area contributed by atoms with Gasteiger partial charge in [-0.05, 0) is 50.6 Å². The van der Waals surface area contributed by atoms with E-state index < -0.39 is 15.6 Å². The molecule has 1 aliphatic carbocycles. The summed E-state index contributed by atoms with van der Waals surface area (Å²) in [4.78, 5) is 12.0. The van der Waals surface area contributed by atoms with Gasteiger partial charge in [0.1, 0.15) is 0 Å². The summed E-state index contributed by atoms with van der Waals surface area (Å²) < 4.78 is 25.3. The summed E-state index contributed by atoms with van der Waals surface area (Å²) in [7, 11) is -2.11. The van der Waals surface area contributed by atoms with Crippen LogP contribution in [0.3, 0.4) is 0 Å². The number of nitrogens with two attached hydrogens (primary N) is 1. The van der Waals surface area contributed by atoms with E-state index in [0.29, 0.717) is 18.5 Å². The number of amides is 1. The molecule has 0 unspecified atom stereocenters. The van der Waals surface area contributed by atoms with Crippen LogP contribution in [-0.2, 0) is 14.8 Å². The predicted octanol–water partition coefficient (Wildman–Crippen LogP) is 0.415. The Morgan fingerprint density at radius 2 is 1.84 bits per heavy atom. The summed E-state index contributed by atoms with van der Waals surface area (Å²) in [5.41, 5.74) is 5.67. The molecule has 0 atom stereocenters. The van der Waals surface area contributed by atoms with Crippen LogP contribution < -0.4 is 15.8 Å². The third kappa shape index (κ3) is 2.78. The number of sulfonamides is 1. The molecular formula is C12H17N3O3S. The lowest BCUT2D eigenvalue weighted by molar-refractivity contribution is -0.123. The molecule has 0 saturated heterocycles. The van der Waals surface area contributed by atoms with Gasteiger partial charge < -0.3 is 11.1 Å². The van der Waals surface area contributed by atoms with Crippen molar-refractivity contribution in [1.82, 2.24) is 4.72 Å². The van der Waals surface area contributed by atoms with Crippen LogP contribution in [-0.4, -0.2) is 26.9 Å². The van der Waals surface area contributed by atoms with Gasteiger partial charge >= 0.3 is 0 Å². The van der Waals surface area contributed by atoms with E-state index in [2.05, 4.69) is 10.0 Å². The first kappa shape index (κ1) is 14.0. The van der Waals surface area contributed by atoms with Crippen molar-refractivity contribution in [2.45, 2.75) is 29.7 Å². The van der Waals surface area contributed by atoms with Crippen molar-refractivity contribution in [3.05, 3.63) is 24.3 Å². The number of benzene rings is 1. The Morgan fingerprint density at radius 3 is 2.26 bits per heavy atom. The summed E-state index contributed by atoms with van der Waals surface area (Å²) in [6, 6.07) is 5.96. The summed E-state index contributed by atoms with van der Waals surface area (Å²) in [5, 5.41) is 2.70. The zero-order valence-corrected chi connectivity index (χ0v) is 11.5. The van der Waals surface area contributed by atoms with E-state index in [9.17, 15) is 13.2 Å². The minimum atomic E-state index is -3.45. The normalized spacial score (nSPS) is 17.6. The molecular weight excluding hydrogens is 266 g/mol. The molecule has 1 saturated carbocycles. The number of carbonyl (C=O) groups is 1. The lowest BCUT2D eigenvalue weighted by Gasteiger charge is -2.36. The molecule has 0 aromatic heterocycles. The van der Waals surface area contributed by atoms with E-state index >= 15 is 0 Å². The highest BCUT2D eigenvalue weighted by molar-refractivity contribution is 7.89. The van der Waals surface area contributed by atoms with Crippen molar-refractivity contribution >= 4 is 21.6 Å². The highest BCUT2D eigenvalue weighted by Gasteiger charge is 2.40. The summed E-state index contributed by atoms with van der Waals surface area (Å²) in [6.07, 6.45) is 2.33. The molecule has 1 aliphatic rings. The van der Waals surface area contributed by atoms with Gasteiger partial charge in [-0.15, -0.1) is 0 Å². The van der Waals surface area contributed by atoms with Gasteiger partial charge in [-0.25, -0.2) is 13.1 Å². The Kier molecular flexibility index (Phi) is 3.62. The van der Waals surface area contributed by atoms with Gasteiger partial charge in [-0.1, -0.05) is 0 Å². The first-order valence-electron chi connectivity index (χ1n) is 6.01. The molecule has 0 aliphatic heterocycles. The smallest absolute Gasteiger partial charge is 0.244 e. The Hall–Kier alpha value is -1.44. The van der Waals surface area contributed by atoms with Crippen LogP contribution in [0.15, 0.2) is 29.2 Å². The van der Waals surface area contributed by atoms with Gasteiger partial charge in [0, 0.05) is 5.69 Å². The van der Waals surface area contributed by atoms with Gasteiger partial charge in [0.2, 0.25) is 15.9 Å². The molecule has 1 aromatic rings. The number of carbonyl (C=O) groups excluding carboxylic acids is 1. The van der Waals surface area contributed by atoms with E-state index in [-0.39, 0.29) is 10.8 Å². The maximum Gasteiger partial charge on any atom is 0.244 e. The molecule has 1 fully saturated rings. The van der Waals surface area contributed by atoms with Crippen molar-refractivity contribution in [3.63, 3.8) is 0 Å². The van der Waals surface area contributed by atoms with Crippen molar-refractivity contribution in [1.29, 1.82) is 0 Å². The third-order valence-electron chi connectivity index (χ3n) is 3.39. The van der Waals surface area contributed by atoms with Crippen LogP contribution in [0, 0.1) is 0 Å². The minimum absolute atomic E-state index is 0.152. The average Bonchev–Trinajstić information content (AvgIpc) is 2.36. The molecule has 0 radical (unpaired) electrons. The fourth-order valence-corrected chi connectivity index (χ4v) is 2.61. The third-order valence-corrected chi connectivity index (χ3v) is 4.82. The molecule has 0 spiro atoms. The van der Waals surface area contributed by atoms with Gasteiger partial charge in [-0.2, -0.15) is 0 Å². The summed E-state index contributed by atoms with van der Waals surface area (Å²) >= 11 is 0. The quantitative estimate of drug-likeness (QED) is 0.745. The van der Waals surface area contributed by atoms with Gasteiger partial charge in [0.05, 0.1) is 10.4 Å². The number of hydrogen-bond acceptors (Lipinski definition) is 4. The van der Waals surface area contributed by atoms with E-state index in [4.69, 9.17) is 5.73 Å². The molecule has 19 heavy (non-hydrogen) atoms. The van der Waals surface area contributed by atoms with Gasteiger partial charge in [0.25, 0.3) is 0 Å². The van der Waals surface area contributed by atoms with Crippen molar-refractivity contribution in [2.24, 2.45) is 5.73 Å². The number of rotatable bonds is 4. The van der Waals surface area contributed by atoms with E-state index in [1.165, 1.54) is 19.2 Å². The molecule has 104 valence electrons. The highest BCUT2D eigenvalue weighted by Crippen LogP contribution is 2.30. The molecule has 6 nitrogen and oxygen atoms in total. The van der Waals surface area contributed by atoms with E-state index in [1.807, 2.05) is 0 Å². The number of anilines is 1. The SMILES string of the molecule is CNS(=O)(=O)c1ccc(NC(=O)C2(N)CCC2)cc1. The lowest BCUT2D eigenvalue weighted by Crippen LogP contribution is -2.56. The van der Waals surface area contributed by atoms with Crippen LogP contribution in [0.25, 0.3) is 0 Å². The van der Waals surface area contributed by atoms with Crippen molar-refractivity contribution in [2.75, 3.05) is 12.4 Å². The van der Waals surface area contributed by atoms with Crippen LogP contribution in [0.1, 0.15) is 19.3 Å². The molecule has 0 bridgehead atoms. The number of hydrogen-bond donors (Lipinski definition) is 3. The standard InChI is InChI=1S/C12H17N3O3S/c1-14-19(17,18)10-5-3-9(4-6-10)15-11(16)12(13)7-2-8-12/h3-6,14H,2,7-8,13H2,1H3,(H,15,16). The first-order valence-corrected chi connectivity index (χ1v) is 7.50. The second-order valence-corrected chi connectivity index (χ2v) is 6.58. The predicted molar refractivity (Wildman–Crippen MR) is 72.1 cm³/mol. The minimum Gasteiger partial charge on any atom is -0.324 e. The molecule has 0 heterocycles. The summed E-state index contributed by atoms with van der Waals surface area (Å²) in [6.45, 7) is 0. The van der Waals surface area contributed by atoms with Crippen molar-refractivity contribution < 1.29 is 13.2 Å². The molecule has 4 N–H and O–H groups in total. The Bertz CT molecular complexity index is 577. The first-order chi connectivity index (χ1) is 8.87. The van der Waals surface area contributed by atoms with Gasteiger partial charge in [-0.3, -0.25) is 4.79 Å². The van der Waals surface area contributed by atoms with E-state index in [0.717, 1.165) is 6.42 Å². The van der Waals surface area contributed by atoms with Crippen molar-refractivity contribution in [3.8, 4) is 0 Å². The highest BCUT2D eigenvalue weighted by atomic mass is 32.2. The topological polar surface area (TPSA) is 101 Å². The molecule has 2 rings (SSSR count).